The Morgan fingerprint density at radius 2 is 2.21 bits per heavy atom. The smallest absolute Gasteiger partial charge is 0.283 e. The molecule has 0 aliphatic heterocycles. The van der Waals surface area contributed by atoms with Crippen LogP contribution in [0.2, 0.25) is 0 Å². The largest absolute Gasteiger partial charge is 0.375 e. The number of hydrogen-bond donors (Lipinski definition) is 2. The van der Waals surface area contributed by atoms with E-state index in [0.29, 0.717) is 15.3 Å². The van der Waals surface area contributed by atoms with E-state index in [2.05, 4.69) is 15.2 Å². The Labute approximate surface area is 84.0 Å². The van der Waals surface area contributed by atoms with E-state index < -0.39 is 0 Å². The van der Waals surface area contributed by atoms with Gasteiger partial charge in [-0.05, 0) is 5.92 Å². The minimum absolute atomic E-state index is 0.218. The van der Waals surface area contributed by atoms with Gasteiger partial charge < -0.3 is 5.73 Å². The molecule has 0 fully saturated rings. The number of nitrogens with two attached hydrogens (primary N) is 1. The topological polar surface area (TPSA) is 84.7 Å². The van der Waals surface area contributed by atoms with Gasteiger partial charge in [0, 0.05) is 0 Å². The summed E-state index contributed by atoms with van der Waals surface area (Å²) in [6.45, 7) is 3.99. The summed E-state index contributed by atoms with van der Waals surface area (Å²) in [4.78, 5) is 15.5. The van der Waals surface area contributed by atoms with Crippen molar-refractivity contribution >= 4 is 26.7 Å². The van der Waals surface area contributed by atoms with Crippen LogP contribution in [0.4, 0.5) is 5.13 Å². The second-order valence-electron chi connectivity index (χ2n) is 3.32. The van der Waals surface area contributed by atoms with Crippen molar-refractivity contribution in [3.05, 3.63) is 16.0 Å². The number of fused-ring (bicyclic) bond motifs is 1. The lowest BCUT2D eigenvalue weighted by atomic mass is 10.1. The highest BCUT2D eigenvalue weighted by Crippen LogP contribution is 2.25. The lowest BCUT2D eigenvalue weighted by molar-refractivity contribution is 0.790. The Bertz CT molecular complexity index is 528. The molecule has 3 N–H and O–H groups in total. The van der Waals surface area contributed by atoms with Gasteiger partial charge in [0.2, 0.25) is 0 Å². The van der Waals surface area contributed by atoms with E-state index in [9.17, 15) is 4.79 Å². The summed E-state index contributed by atoms with van der Waals surface area (Å²) < 4.78 is 0.557. The molecule has 14 heavy (non-hydrogen) atoms. The molecule has 74 valence electrons. The van der Waals surface area contributed by atoms with Gasteiger partial charge in [-0.25, -0.2) is 10.1 Å². The summed E-state index contributed by atoms with van der Waals surface area (Å²) in [7, 11) is 0. The maximum Gasteiger partial charge on any atom is 0.283 e. The number of hydrogen-bond acceptors (Lipinski definition) is 5. The van der Waals surface area contributed by atoms with Gasteiger partial charge in [-0.15, -0.1) is 0 Å². The number of rotatable bonds is 1. The van der Waals surface area contributed by atoms with Crippen molar-refractivity contribution in [2.45, 2.75) is 19.8 Å². The lowest BCUT2D eigenvalue weighted by Gasteiger charge is -2.02. The summed E-state index contributed by atoms with van der Waals surface area (Å²) in [5.74, 6) is 0.218. The van der Waals surface area contributed by atoms with Crippen LogP contribution in [0, 0.1) is 0 Å². The number of aromatic amines is 1. The predicted octanol–water partition coefficient (Wildman–Crippen LogP) is 1.09. The monoisotopic (exact) mass is 210 g/mol. The van der Waals surface area contributed by atoms with Crippen LogP contribution >= 0.6 is 11.3 Å². The number of nitrogen functional groups attached to an aromatic ring is 1. The van der Waals surface area contributed by atoms with Gasteiger partial charge in [0.05, 0.1) is 5.69 Å². The standard InChI is InChI=1S/C8H10N4OS/c1-3(2)4-5-6(7(13)12-11-4)14-8(9)10-5/h3H,1-2H3,(H2,9,10)(H,12,13). The maximum absolute atomic E-state index is 11.4. The summed E-state index contributed by atoms with van der Waals surface area (Å²) in [6.07, 6.45) is 0. The number of aromatic nitrogens is 3. The molecule has 0 unspecified atom stereocenters. The molecule has 2 aromatic heterocycles. The number of anilines is 1. The Hall–Kier alpha value is -1.43. The number of H-pyrrole nitrogens is 1. The van der Waals surface area contributed by atoms with Crippen LogP contribution in [-0.4, -0.2) is 15.2 Å². The maximum atomic E-state index is 11.4. The highest BCUT2D eigenvalue weighted by atomic mass is 32.1. The first-order chi connectivity index (χ1) is 6.59. The Balaban J connectivity index is 2.88. The van der Waals surface area contributed by atoms with Crippen molar-refractivity contribution in [2.24, 2.45) is 0 Å². The van der Waals surface area contributed by atoms with Crippen molar-refractivity contribution in [3.63, 3.8) is 0 Å². The van der Waals surface area contributed by atoms with E-state index in [4.69, 9.17) is 5.73 Å². The normalized spacial score (nSPS) is 11.4. The molecule has 0 aliphatic carbocycles. The summed E-state index contributed by atoms with van der Waals surface area (Å²) in [6, 6.07) is 0. The summed E-state index contributed by atoms with van der Waals surface area (Å²) >= 11 is 1.19. The first kappa shape index (κ1) is 9.14. The van der Waals surface area contributed by atoms with E-state index in [-0.39, 0.29) is 11.5 Å². The average Bonchev–Trinajstić information content (AvgIpc) is 2.47. The second-order valence-corrected chi connectivity index (χ2v) is 4.35. The molecule has 0 aromatic carbocycles. The zero-order valence-corrected chi connectivity index (χ0v) is 8.68. The van der Waals surface area contributed by atoms with Gasteiger partial charge in [0.1, 0.15) is 10.2 Å². The fourth-order valence-electron chi connectivity index (χ4n) is 1.28. The Kier molecular flexibility index (Phi) is 1.99. The second kappa shape index (κ2) is 3.06. The zero-order chi connectivity index (χ0) is 10.3. The molecule has 0 radical (unpaired) electrons. The number of thiazole rings is 1. The van der Waals surface area contributed by atoms with Crippen LogP contribution in [0.15, 0.2) is 4.79 Å². The fraction of sp³-hybridized carbons (Fsp3) is 0.375. The molecule has 0 saturated carbocycles. The van der Waals surface area contributed by atoms with Crippen molar-refractivity contribution < 1.29 is 0 Å². The van der Waals surface area contributed by atoms with Gasteiger partial charge in [0.15, 0.2) is 5.13 Å². The van der Waals surface area contributed by atoms with E-state index >= 15 is 0 Å². The molecule has 0 spiro atoms. The summed E-state index contributed by atoms with van der Waals surface area (Å²) in [5, 5.41) is 6.82. The van der Waals surface area contributed by atoms with Crippen LogP contribution in [0.25, 0.3) is 10.2 Å². The van der Waals surface area contributed by atoms with Gasteiger partial charge in [0.25, 0.3) is 5.56 Å². The molecule has 0 atom stereocenters. The van der Waals surface area contributed by atoms with E-state index in [1.165, 1.54) is 11.3 Å². The molecular formula is C8H10N4OS. The van der Waals surface area contributed by atoms with Gasteiger partial charge in [-0.3, -0.25) is 4.79 Å². The lowest BCUT2D eigenvalue weighted by Crippen LogP contribution is -2.10. The third-order valence-electron chi connectivity index (χ3n) is 1.92. The highest BCUT2D eigenvalue weighted by Gasteiger charge is 2.13. The van der Waals surface area contributed by atoms with E-state index in [1.54, 1.807) is 0 Å². The van der Waals surface area contributed by atoms with Crippen LogP contribution in [-0.2, 0) is 0 Å². The molecule has 5 nitrogen and oxygen atoms in total. The zero-order valence-electron chi connectivity index (χ0n) is 7.87. The number of nitrogens with one attached hydrogen (secondary N) is 1. The molecule has 2 aromatic rings. The Morgan fingerprint density at radius 3 is 2.86 bits per heavy atom. The van der Waals surface area contributed by atoms with E-state index in [0.717, 1.165) is 5.69 Å². The minimum atomic E-state index is -0.224. The number of nitrogens with zero attached hydrogens (tertiary/aromatic N) is 2. The van der Waals surface area contributed by atoms with Crippen molar-refractivity contribution in [3.8, 4) is 0 Å². The fourth-order valence-corrected chi connectivity index (χ4v) is 2.01. The molecular weight excluding hydrogens is 200 g/mol. The van der Waals surface area contributed by atoms with Crippen molar-refractivity contribution in [1.82, 2.24) is 15.2 Å². The molecule has 0 saturated heterocycles. The predicted molar refractivity (Wildman–Crippen MR) is 56.5 cm³/mol. The third kappa shape index (κ3) is 1.27. The third-order valence-corrected chi connectivity index (χ3v) is 2.80. The van der Waals surface area contributed by atoms with Gasteiger partial charge in [-0.2, -0.15) is 5.10 Å². The Morgan fingerprint density at radius 1 is 1.50 bits per heavy atom. The molecule has 0 bridgehead atoms. The van der Waals surface area contributed by atoms with Crippen molar-refractivity contribution in [2.75, 3.05) is 5.73 Å². The van der Waals surface area contributed by atoms with E-state index in [1.807, 2.05) is 13.8 Å². The quantitative estimate of drug-likeness (QED) is 0.737. The van der Waals surface area contributed by atoms with Crippen LogP contribution in [0.1, 0.15) is 25.5 Å². The minimum Gasteiger partial charge on any atom is -0.375 e. The van der Waals surface area contributed by atoms with Gasteiger partial charge >= 0.3 is 0 Å². The van der Waals surface area contributed by atoms with Crippen LogP contribution in [0.3, 0.4) is 0 Å². The molecule has 0 amide bonds. The first-order valence-electron chi connectivity index (χ1n) is 4.24. The SMILES string of the molecule is CC(C)c1n[nH]c(=O)c2sc(N)nc12. The highest BCUT2D eigenvalue weighted by molar-refractivity contribution is 7.22. The van der Waals surface area contributed by atoms with Crippen LogP contribution in [0.5, 0.6) is 0 Å². The average molecular weight is 210 g/mol. The van der Waals surface area contributed by atoms with Gasteiger partial charge in [-0.1, -0.05) is 25.2 Å². The van der Waals surface area contributed by atoms with Crippen molar-refractivity contribution in [1.29, 1.82) is 0 Å². The molecule has 0 aliphatic rings. The molecule has 6 heteroatoms. The molecule has 2 rings (SSSR count). The van der Waals surface area contributed by atoms with Crippen LogP contribution < -0.4 is 11.3 Å². The first-order valence-corrected chi connectivity index (χ1v) is 5.06. The summed E-state index contributed by atoms with van der Waals surface area (Å²) in [5.41, 5.74) is 6.75. The molecule has 2 heterocycles.